The van der Waals surface area contributed by atoms with Gasteiger partial charge in [-0.15, -0.1) is 0 Å². The summed E-state index contributed by atoms with van der Waals surface area (Å²) in [6.45, 7) is 0. The molecular weight excluding hydrogens is 275 g/mol. The Morgan fingerprint density at radius 3 is 1.85 bits per heavy atom. The zero-order valence-corrected chi connectivity index (χ0v) is 10.6. The molecule has 0 amide bonds. The topological polar surface area (TPSA) is 57.1 Å². The molecule has 0 radical (unpaired) electrons. The largest absolute Gasteiger partial charge is 0.480 e. The lowest BCUT2D eigenvalue weighted by atomic mass is 10.2. The van der Waals surface area contributed by atoms with Crippen LogP contribution in [0.2, 0.25) is 0 Å². The van der Waals surface area contributed by atoms with Crippen LogP contribution >= 0.6 is 0 Å². The van der Waals surface area contributed by atoms with Crippen molar-refractivity contribution < 1.29 is 22.6 Å². The first-order valence-electron chi connectivity index (χ1n) is 5.45. The second kappa shape index (κ2) is 5.32. The van der Waals surface area contributed by atoms with Gasteiger partial charge in [0.1, 0.15) is 0 Å². The molecule has 106 valence electrons. The highest BCUT2D eigenvalue weighted by Gasteiger charge is 2.40. The van der Waals surface area contributed by atoms with Crippen molar-refractivity contribution in [2.45, 2.75) is 6.18 Å². The summed E-state index contributed by atoms with van der Waals surface area (Å²) in [7, 11) is 2.21. The van der Waals surface area contributed by atoms with Crippen LogP contribution < -0.4 is 9.47 Å². The van der Waals surface area contributed by atoms with Crippen molar-refractivity contribution in [1.29, 1.82) is 0 Å². The molecule has 2 aromatic rings. The van der Waals surface area contributed by atoms with E-state index in [0.717, 1.165) is 14.2 Å². The molecule has 0 aliphatic rings. The molecule has 0 atom stereocenters. The molecule has 2 rings (SSSR count). The highest BCUT2D eigenvalue weighted by Crippen LogP contribution is 2.41. The van der Waals surface area contributed by atoms with E-state index in [2.05, 4.69) is 15.0 Å². The number of ether oxygens (including phenoxy) is 2. The Kier molecular flexibility index (Phi) is 3.73. The Morgan fingerprint density at radius 2 is 1.45 bits per heavy atom. The summed E-state index contributed by atoms with van der Waals surface area (Å²) in [6.07, 6.45) is -1.71. The molecule has 0 spiro atoms. The van der Waals surface area contributed by atoms with Gasteiger partial charge in [0.15, 0.2) is 11.4 Å². The van der Waals surface area contributed by atoms with E-state index in [1.165, 1.54) is 12.4 Å². The number of aromatic nitrogens is 3. The summed E-state index contributed by atoms with van der Waals surface area (Å²) in [5.41, 5.74) is -0.634. The van der Waals surface area contributed by atoms with Crippen molar-refractivity contribution in [1.82, 2.24) is 15.0 Å². The lowest BCUT2D eigenvalue weighted by Crippen LogP contribution is -2.13. The van der Waals surface area contributed by atoms with Crippen molar-refractivity contribution in [3.63, 3.8) is 0 Å². The molecule has 0 aromatic carbocycles. The number of pyridine rings is 1. The fourth-order valence-electron chi connectivity index (χ4n) is 1.59. The average Bonchev–Trinajstić information content (AvgIpc) is 2.45. The lowest BCUT2D eigenvalue weighted by molar-refractivity contribution is -0.140. The molecule has 0 aliphatic heterocycles. The summed E-state index contributed by atoms with van der Waals surface area (Å²) in [6, 6.07) is 3.14. The van der Waals surface area contributed by atoms with E-state index in [0.29, 0.717) is 5.56 Å². The smallest absolute Gasteiger partial charge is 0.426 e. The van der Waals surface area contributed by atoms with Crippen molar-refractivity contribution in [2.24, 2.45) is 0 Å². The minimum Gasteiger partial charge on any atom is -0.480 e. The van der Waals surface area contributed by atoms with Gasteiger partial charge in [-0.25, -0.2) is 0 Å². The van der Waals surface area contributed by atoms with E-state index in [-0.39, 0.29) is 5.82 Å². The van der Waals surface area contributed by atoms with E-state index in [9.17, 15) is 13.2 Å². The number of halogens is 3. The van der Waals surface area contributed by atoms with Gasteiger partial charge >= 0.3 is 6.18 Å². The van der Waals surface area contributed by atoms with Crippen molar-refractivity contribution in [3.05, 3.63) is 30.1 Å². The second-order valence-corrected chi connectivity index (χ2v) is 3.67. The van der Waals surface area contributed by atoms with E-state index >= 15 is 0 Å². The fraction of sp³-hybridized carbons (Fsp3) is 0.250. The Hall–Kier alpha value is -2.38. The zero-order chi connectivity index (χ0) is 14.8. The molecule has 2 aromatic heterocycles. The third kappa shape index (κ3) is 2.63. The highest BCUT2D eigenvalue weighted by molar-refractivity contribution is 5.57. The molecule has 0 fully saturated rings. The monoisotopic (exact) mass is 285 g/mol. The van der Waals surface area contributed by atoms with Crippen molar-refractivity contribution in [3.8, 4) is 23.1 Å². The van der Waals surface area contributed by atoms with Crippen LogP contribution in [-0.2, 0) is 6.18 Å². The van der Waals surface area contributed by atoms with Crippen LogP contribution in [0.5, 0.6) is 11.8 Å². The average molecular weight is 285 g/mol. The first-order chi connectivity index (χ1) is 9.47. The number of alkyl halides is 3. The van der Waals surface area contributed by atoms with Crippen molar-refractivity contribution in [2.75, 3.05) is 14.2 Å². The van der Waals surface area contributed by atoms with Gasteiger partial charge in [-0.1, -0.05) is 0 Å². The van der Waals surface area contributed by atoms with Crippen LogP contribution in [0.1, 0.15) is 5.56 Å². The SMILES string of the molecule is COc1nc(-c2ccncc2)nc(OC)c1C(F)(F)F. The van der Waals surface area contributed by atoms with Crippen LogP contribution in [0, 0.1) is 0 Å². The van der Waals surface area contributed by atoms with Crippen molar-refractivity contribution >= 4 is 0 Å². The van der Waals surface area contributed by atoms with Crippen LogP contribution in [-0.4, -0.2) is 29.2 Å². The zero-order valence-electron chi connectivity index (χ0n) is 10.6. The van der Waals surface area contributed by atoms with Crippen LogP contribution in [0.25, 0.3) is 11.4 Å². The summed E-state index contributed by atoms with van der Waals surface area (Å²) in [4.78, 5) is 11.4. The van der Waals surface area contributed by atoms with E-state index in [4.69, 9.17) is 9.47 Å². The third-order valence-corrected chi connectivity index (χ3v) is 2.45. The minimum absolute atomic E-state index is 0.0640. The Balaban J connectivity index is 2.65. The highest BCUT2D eigenvalue weighted by atomic mass is 19.4. The maximum atomic E-state index is 13.0. The van der Waals surface area contributed by atoms with Gasteiger partial charge < -0.3 is 9.47 Å². The number of nitrogens with zero attached hydrogens (tertiary/aromatic N) is 3. The molecule has 8 heteroatoms. The van der Waals surface area contributed by atoms with Gasteiger partial charge in [0.25, 0.3) is 0 Å². The molecule has 0 bridgehead atoms. The molecule has 0 unspecified atom stereocenters. The van der Waals surface area contributed by atoms with Crippen LogP contribution in [0.15, 0.2) is 24.5 Å². The van der Waals surface area contributed by atoms with E-state index in [1.54, 1.807) is 12.1 Å². The maximum Gasteiger partial charge on any atom is 0.426 e. The van der Waals surface area contributed by atoms with Gasteiger partial charge in [0.05, 0.1) is 14.2 Å². The molecule has 0 N–H and O–H groups in total. The van der Waals surface area contributed by atoms with Crippen LogP contribution in [0.4, 0.5) is 13.2 Å². The standard InChI is InChI=1S/C12H10F3N3O2/c1-19-10-8(12(13,14)15)11(20-2)18-9(17-10)7-3-5-16-6-4-7/h3-6H,1-2H3. The predicted octanol–water partition coefficient (Wildman–Crippen LogP) is 2.57. The third-order valence-electron chi connectivity index (χ3n) is 2.45. The molecule has 0 aliphatic carbocycles. The van der Waals surface area contributed by atoms with Gasteiger partial charge in [-0.2, -0.15) is 23.1 Å². The first kappa shape index (κ1) is 14.0. The Labute approximate surface area is 112 Å². The normalized spacial score (nSPS) is 11.2. The molecule has 0 saturated heterocycles. The lowest BCUT2D eigenvalue weighted by Gasteiger charge is -2.15. The quantitative estimate of drug-likeness (QED) is 0.867. The summed E-state index contributed by atoms with van der Waals surface area (Å²) >= 11 is 0. The molecule has 20 heavy (non-hydrogen) atoms. The predicted molar refractivity (Wildman–Crippen MR) is 63.4 cm³/mol. The molecular formula is C12H10F3N3O2. The van der Waals surface area contributed by atoms with E-state index in [1.807, 2.05) is 0 Å². The maximum absolute atomic E-state index is 13.0. The second-order valence-electron chi connectivity index (χ2n) is 3.67. The molecule has 2 heterocycles. The number of hydrogen-bond acceptors (Lipinski definition) is 5. The Morgan fingerprint density at radius 1 is 0.950 bits per heavy atom. The van der Waals surface area contributed by atoms with Gasteiger partial charge in [-0.05, 0) is 12.1 Å². The number of methoxy groups -OCH3 is 2. The number of hydrogen-bond donors (Lipinski definition) is 0. The molecule has 5 nitrogen and oxygen atoms in total. The fourth-order valence-corrected chi connectivity index (χ4v) is 1.59. The molecule has 0 saturated carbocycles. The van der Waals surface area contributed by atoms with Gasteiger partial charge in [0, 0.05) is 18.0 Å². The summed E-state index contributed by atoms with van der Waals surface area (Å²) in [5, 5.41) is 0. The summed E-state index contributed by atoms with van der Waals surface area (Å²) < 4.78 is 48.3. The summed E-state index contributed by atoms with van der Waals surface area (Å²) in [5.74, 6) is -1.11. The van der Waals surface area contributed by atoms with Gasteiger partial charge in [-0.3, -0.25) is 4.98 Å². The van der Waals surface area contributed by atoms with E-state index < -0.39 is 23.5 Å². The van der Waals surface area contributed by atoms with Gasteiger partial charge in [0.2, 0.25) is 11.8 Å². The number of rotatable bonds is 3. The Bertz CT molecular complexity index is 578. The first-order valence-corrected chi connectivity index (χ1v) is 5.45. The minimum atomic E-state index is -4.67. The van der Waals surface area contributed by atoms with Crippen LogP contribution in [0.3, 0.4) is 0 Å².